The third-order valence-electron chi connectivity index (χ3n) is 2.45. The Bertz CT molecular complexity index is 326. The van der Waals surface area contributed by atoms with Crippen molar-refractivity contribution in [2.75, 3.05) is 7.11 Å². The minimum atomic E-state index is -0.244. The van der Waals surface area contributed by atoms with Crippen LogP contribution in [0.15, 0.2) is 18.2 Å². The molecule has 0 aliphatic rings. The van der Waals surface area contributed by atoms with E-state index in [-0.39, 0.29) is 12.1 Å². The largest absolute Gasteiger partial charge is 0.379 e. The molecule has 2 unspecified atom stereocenters. The van der Waals surface area contributed by atoms with Gasteiger partial charge in [-0.1, -0.05) is 42.3 Å². The highest BCUT2D eigenvalue weighted by Crippen LogP contribution is 2.31. The summed E-state index contributed by atoms with van der Waals surface area (Å²) in [5.74, 6) is 0. The van der Waals surface area contributed by atoms with E-state index in [4.69, 9.17) is 33.7 Å². The molecule has 84 valence electrons. The van der Waals surface area contributed by atoms with Crippen molar-refractivity contribution in [1.29, 1.82) is 0 Å². The van der Waals surface area contributed by atoms with Crippen LogP contribution >= 0.6 is 23.2 Å². The Morgan fingerprint density at radius 1 is 1.40 bits per heavy atom. The molecule has 15 heavy (non-hydrogen) atoms. The first-order chi connectivity index (χ1) is 7.11. The Kier molecular flexibility index (Phi) is 4.87. The molecule has 0 radical (unpaired) electrons. The SMILES string of the molecule is CCC(OC)C(N)c1cccc(Cl)c1Cl. The van der Waals surface area contributed by atoms with Crippen molar-refractivity contribution in [2.24, 2.45) is 5.73 Å². The summed E-state index contributed by atoms with van der Waals surface area (Å²) in [4.78, 5) is 0. The molecule has 0 saturated carbocycles. The second-order valence-corrected chi connectivity index (χ2v) is 4.14. The predicted molar refractivity (Wildman–Crippen MR) is 64.5 cm³/mol. The number of benzene rings is 1. The van der Waals surface area contributed by atoms with Crippen molar-refractivity contribution in [3.63, 3.8) is 0 Å². The lowest BCUT2D eigenvalue weighted by Crippen LogP contribution is -2.27. The van der Waals surface area contributed by atoms with Gasteiger partial charge in [-0.3, -0.25) is 0 Å². The molecule has 1 aromatic carbocycles. The topological polar surface area (TPSA) is 35.2 Å². The quantitative estimate of drug-likeness (QED) is 0.886. The van der Waals surface area contributed by atoms with Crippen molar-refractivity contribution >= 4 is 23.2 Å². The second-order valence-electron chi connectivity index (χ2n) is 3.35. The van der Waals surface area contributed by atoms with Crippen molar-refractivity contribution in [1.82, 2.24) is 0 Å². The van der Waals surface area contributed by atoms with Crippen molar-refractivity contribution in [2.45, 2.75) is 25.5 Å². The molecule has 0 fully saturated rings. The molecule has 2 atom stereocenters. The third kappa shape index (κ3) is 2.85. The molecule has 1 aromatic rings. The lowest BCUT2D eigenvalue weighted by Gasteiger charge is -2.22. The zero-order valence-electron chi connectivity index (χ0n) is 8.84. The minimum Gasteiger partial charge on any atom is -0.379 e. The maximum atomic E-state index is 6.08. The van der Waals surface area contributed by atoms with Crippen LogP contribution in [-0.2, 0) is 4.74 Å². The van der Waals surface area contributed by atoms with Gasteiger partial charge in [0, 0.05) is 7.11 Å². The number of halogens is 2. The standard InChI is InChI=1S/C11H15Cl2NO/c1-3-9(15-2)11(14)7-5-4-6-8(12)10(7)13/h4-6,9,11H,3,14H2,1-2H3. The maximum Gasteiger partial charge on any atom is 0.0761 e. The highest BCUT2D eigenvalue weighted by molar-refractivity contribution is 6.42. The summed E-state index contributed by atoms with van der Waals surface area (Å²) in [6, 6.07) is 5.21. The van der Waals surface area contributed by atoms with Crippen molar-refractivity contribution in [3.8, 4) is 0 Å². The van der Waals surface area contributed by atoms with Crippen LogP contribution in [0.5, 0.6) is 0 Å². The summed E-state index contributed by atoms with van der Waals surface area (Å²) in [7, 11) is 1.65. The first kappa shape index (κ1) is 12.8. The summed E-state index contributed by atoms with van der Waals surface area (Å²) in [6.45, 7) is 2.02. The van der Waals surface area contributed by atoms with Gasteiger partial charge in [-0.25, -0.2) is 0 Å². The van der Waals surface area contributed by atoms with Gasteiger partial charge >= 0.3 is 0 Å². The fourth-order valence-corrected chi connectivity index (χ4v) is 1.98. The highest BCUT2D eigenvalue weighted by Gasteiger charge is 2.20. The van der Waals surface area contributed by atoms with Crippen LogP contribution in [0.4, 0.5) is 0 Å². The Morgan fingerprint density at radius 2 is 2.07 bits per heavy atom. The van der Waals surface area contributed by atoms with Gasteiger partial charge < -0.3 is 10.5 Å². The van der Waals surface area contributed by atoms with Crippen LogP contribution in [0.25, 0.3) is 0 Å². The number of rotatable bonds is 4. The van der Waals surface area contributed by atoms with Crippen LogP contribution in [0.1, 0.15) is 24.9 Å². The van der Waals surface area contributed by atoms with E-state index in [1.165, 1.54) is 0 Å². The van der Waals surface area contributed by atoms with E-state index in [1.807, 2.05) is 19.1 Å². The molecule has 1 rings (SSSR count). The van der Waals surface area contributed by atoms with Gasteiger partial charge in [0.15, 0.2) is 0 Å². The van der Waals surface area contributed by atoms with Crippen LogP contribution in [0, 0.1) is 0 Å². The van der Waals surface area contributed by atoms with E-state index in [1.54, 1.807) is 13.2 Å². The molecule has 2 N–H and O–H groups in total. The molecule has 0 bridgehead atoms. The van der Waals surface area contributed by atoms with Crippen LogP contribution in [0.2, 0.25) is 10.0 Å². The maximum absolute atomic E-state index is 6.08. The molecule has 0 aliphatic heterocycles. The zero-order chi connectivity index (χ0) is 11.4. The Hall–Kier alpha value is -0.280. The Balaban J connectivity index is 2.99. The third-order valence-corrected chi connectivity index (χ3v) is 3.28. The fraction of sp³-hybridized carbons (Fsp3) is 0.455. The van der Waals surface area contributed by atoms with E-state index in [0.29, 0.717) is 10.0 Å². The van der Waals surface area contributed by atoms with Gasteiger partial charge in [-0.15, -0.1) is 0 Å². The second kappa shape index (κ2) is 5.71. The summed E-state index contributed by atoms with van der Waals surface area (Å²) < 4.78 is 5.28. The molecular formula is C11H15Cl2NO. The van der Waals surface area contributed by atoms with Crippen LogP contribution < -0.4 is 5.73 Å². The monoisotopic (exact) mass is 247 g/mol. The number of nitrogens with two attached hydrogens (primary N) is 1. The number of ether oxygens (including phenoxy) is 1. The summed E-state index contributed by atoms with van der Waals surface area (Å²) in [5, 5.41) is 1.04. The zero-order valence-corrected chi connectivity index (χ0v) is 10.3. The normalized spacial score (nSPS) is 15.0. The predicted octanol–water partition coefficient (Wildman–Crippen LogP) is 3.42. The molecule has 2 nitrogen and oxygen atoms in total. The van der Waals surface area contributed by atoms with E-state index in [2.05, 4.69) is 0 Å². The van der Waals surface area contributed by atoms with Crippen molar-refractivity contribution < 1.29 is 4.74 Å². The van der Waals surface area contributed by atoms with Crippen LogP contribution in [-0.4, -0.2) is 13.2 Å². The van der Waals surface area contributed by atoms with Gasteiger partial charge in [0.25, 0.3) is 0 Å². The Labute approximate surface area is 100 Å². The lowest BCUT2D eigenvalue weighted by atomic mass is 10.0. The minimum absolute atomic E-state index is 0.0408. The average molecular weight is 248 g/mol. The Morgan fingerprint density at radius 3 is 2.60 bits per heavy atom. The number of hydrogen-bond acceptors (Lipinski definition) is 2. The fourth-order valence-electron chi connectivity index (χ4n) is 1.55. The van der Waals surface area contributed by atoms with Gasteiger partial charge in [0.05, 0.1) is 22.2 Å². The van der Waals surface area contributed by atoms with E-state index in [9.17, 15) is 0 Å². The number of methoxy groups -OCH3 is 1. The average Bonchev–Trinajstić information content (AvgIpc) is 2.23. The van der Waals surface area contributed by atoms with Gasteiger partial charge in [-0.05, 0) is 18.1 Å². The molecule has 0 aliphatic carbocycles. The molecule has 0 amide bonds. The molecular weight excluding hydrogens is 233 g/mol. The van der Waals surface area contributed by atoms with Crippen LogP contribution in [0.3, 0.4) is 0 Å². The molecule has 0 saturated heterocycles. The summed E-state index contributed by atoms with van der Waals surface area (Å²) in [6.07, 6.45) is 0.793. The molecule has 0 aromatic heterocycles. The highest BCUT2D eigenvalue weighted by atomic mass is 35.5. The van der Waals surface area contributed by atoms with Gasteiger partial charge in [0.2, 0.25) is 0 Å². The smallest absolute Gasteiger partial charge is 0.0761 e. The van der Waals surface area contributed by atoms with E-state index < -0.39 is 0 Å². The van der Waals surface area contributed by atoms with Gasteiger partial charge in [-0.2, -0.15) is 0 Å². The number of hydrogen-bond donors (Lipinski definition) is 1. The van der Waals surface area contributed by atoms with Gasteiger partial charge in [0.1, 0.15) is 0 Å². The van der Waals surface area contributed by atoms with E-state index in [0.717, 1.165) is 12.0 Å². The molecule has 0 spiro atoms. The van der Waals surface area contributed by atoms with E-state index >= 15 is 0 Å². The summed E-state index contributed by atoms with van der Waals surface area (Å²) >= 11 is 12.0. The first-order valence-corrected chi connectivity index (χ1v) is 5.59. The lowest BCUT2D eigenvalue weighted by molar-refractivity contribution is 0.0772. The molecule has 4 heteroatoms. The van der Waals surface area contributed by atoms with Crippen molar-refractivity contribution in [3.05, 3.63) is 33.8 Å². The summed E-state index contributed by atoms with van der Waals surface area (Å²) in [5.41, 5.74) is 6.89. The molecule has 0 heterocycles. The first-order valence-electron chi connectivity index (χ1n) is 4.84.